The van der Waals surface area contributed by atoms with Gasteiger partial charge < -0.3 is 21.9 Å². The molecule has 0 aliphatic rings. The number of carboxylic acids is 1. The number of guanidine groups is 1. The van der Waals surface area contributed by atoms with E-state index in [9.17, 15) is 9.59 Å². The van der Waals surface area contributed by atoms with Gasteiger partial charge in [-0.1, -0.05) is 26.2 Å². The lowest BCUT2D eigenvalue weighted by Gasteiger charge is -2.07. The van der Waals surface area contributed by atoms with E-state index in [0.29, 0.717) is 13.1 Å². The highest BCUT2D eigenvalue weighted by Gasteiger charge is 2.14. The number of unbranched alkanes of at least 4 members (excludes halogenated alkanes) is 4. The van der Waals surface area contributed by atoms with E-state index in [1.807, 2.05) is 0 Å². The van der Waals surface area contributed by atoms with Gasteiger partial charge in [0.2, 0.25) is 5.91 Å². The van der Waals surface area contributed by atoms with Gasteiger partial charge in [0.1, 0.15) is 0 Å². The van der Waals surface area contributed by atoms with Gasteiger partial charge in [-0.15, -0.1) is 0 Å². The molecule has 0 aromatic carbocycles. The van der Waals surface area contributed by atoms with Crippen LogP contribution < -0.4 is 16.8 Å². The van der Waals surface area contributed by atoms with Crippen LogP contribution in [0.25, 0.3) is 0 Å². The molecule has 1 atom stereocenters. The highest BCUT2D eigenvalue weighted by Crippen LogP contribution is 2.04. The maximum atomic E-state index is 11.4. The molecule has 0 aliphatic carbocycles. The normalized spacial score (nSPS) is 11.7. The fourth-order valence-electron chi connectivity index (χ4n) is 1.64. The van der Waals surface area contributed by atoms with E-state index in [-0.39, 0.29) is 18.3 Å². The van der Waals surface area contributed by atoms with Gasteiger partial charge in [0, 0.05) is 19.5 Å². The second kappa shape index (κ2) is 11.1. The molecule has 20 heavy (non-hydrogen) atoms. The van der Waals surface area contributed by atoms with E-state index in [1.165, 1.54) is 6.92 Å². The maximum Gasteiger partial charge on any atom is 0.306 e. The Kier molecular flexibility index (Phi) is 10.1. The van der Waals surface area contributed by atoms with Crippen LogP contribution in [0.2, 0.25) is 0 Å². The van der Waals surface area contributed by atoms with Gasteiger partial charge in [0.05, 0.1) is 5.92 Å². The summed E-state index contributed by atoms with van der Waals surface area (Å²) in [6.45, 7) is 2.78. The molecule has 0 aromatic rings. The minimum atomic E-state index is -0.944. The molecule has 6 N–H and O–H groups in total. The van der Waals surface area contributed by atoms with Gasteiger partial charge in [-0.05, 0) is 12.8 Å². The van der Waals surface area contributed by atoms with Crippen molar-refractivity contribution in [1.29, 1.82) is 0 Å². The second-order valence-corrected chi connectivity index (χ2v) is 4.87. The van der Waals surface area contributed by atoms with Crippen LogP contribution in [0.5, 0.6) is 0 Å². The molecule has 0 radical (unpaired) electrons. The van der Waals surface area contributed by atoms with E-state index >= 15 is 0 Å². The van der Waals surface area contributed by atoms with Gasteiger partial charge >= 0.3 is 5.97 Å². The van der Waals surface area contributed by atoms with Crippen molar-refractivity contribution in [2.24, 2.45) is 22.4 Å². The summed E-state index contributed by atoms with van der Waals surface area (Å²) >= 11 is 0. The Morgan fingerprint density at radius 2 is 1.75 bits per heavy atom. The predicted molar refractivity (Wildman–Crippen MR) is 78.2 cm³/mol. The number of hydrogen-bond acceptors (Lipinski definition) is 3. The van der Waals surface area contributed by atoms with Gasteiger partial charge in [0.15, 0.2) is 5.96 Å². The van der Waals surface area contributed by atoms with E-state index in [2.05, 4.69) is 10.3 Å². The first kappa shape index (κ1) is 18.2. The number of hydrogen-bond donors (Lipinski definition) is 4. The summed E-state index contributed by atoms with van der Waals surface area (Å²) in [5.41, 5.74) is 10.4. The summed E-state index contributed by atoms with van der Waals surface area (Å²) in [7, 11) is 0. The van der Waals surface area contributed by atoms with Crippen molar-refractivity contribution in [2.45, 2.75) is 45.4 Å². The number of nitrogens with zero attached hydrogens (tertiary/aromatic N) is 1. The second-order valence-electron chi connectivity index (χ2n) is 4.87. The monoisotopic (exact) mass is 286 g/mol. The van der Waals surface area contributed by atoms with E-state index in [1.54, 1.807) is 0 Å². The zero-order chi connectivity index (χ0) is 15.4. The smallest absolute Gasteiger partial charge is 0.306 e. The number of nitrogens with one attached hydrogen (secondary N) is 1. The van der Waals surface area contributed by atoms with Crippen molar-refractivity contribution in [3.05, 3.63) is 0 Å². The molecule has 0 aliphatic heterocycles. The fourth-order valence-corrected chi connectivity index (χ4v) is 1.64. The Bertz CT molecular complexity index is 328. The van der Waals surface area contributed by atoms with Crippen LogP contribution in [0.3, 0.4) is 0 Å². The highest BCUT2D eigenvalue weighted by molar-refractivity contribution is 5.81. The number of amides is 1. The average molecular weight is 286 g/mol. The minimum Gasteiger partial charge on any atom is -0.481 e. The predicted octanol–water partition coefficient (Wildman–Crippen LogP) is 0.437. The third-order valence-corrected chi connectivity index (χ3v) is 2.86. The molecule has 0 aromatic heterocycles. The number of rotatable bonds is 11. The molecule has 1 amide bonds. The van der Waals surface area contributed by atoms with Gasteiger partial charge in [-0.25, -0.2) is 0 Å². The van der Waals surface area contributed by atoms with Crippen molar-refractivity contribution in [3.63, 3.8) is 0 Å². The fraction of sp³-hybridized carbons (Fsp3) is 0.769. The number of aliphatic imine (C=N–C) groups is 1. The molecule has 0 saturated heterocycles. The molecule has 7 nitrogen and oxygen atoms in total. The van der Waals surface area contributed by atoms with Crippen LogP contribution in [0.15, 0.2) is 4.99 Å². The van der Waals surface area contributed by atoms with Gasteiger partial charge in [0.25, 0.3) is 0 Å². The molecule has 1 unspecified atom stereocenters. The average Bonchev–Trinajstić information content (AvgIpc) is 2.36. The molecular weight excluding hydrogens is 260 g/mol. The topological polar surface area (TPSA) is 131 Å². The summed E-state index contributed by atoms with van der Waals surface area (Å²) in [4.78, 5) is 25.8. The lowest BCUT2D eigenvalue weighted by Crippen LogP contribution is -2.28. The number of nitrogens with two attached hydrogens (primary N) is 2. The lowest BCUT2D eigenvalue weighted by molar-refractivity contribution is -0.143. The van der Waals surface area contributed by atoms with Crippen molar-refractivity contribution in [3.8, 4) is 0 Å². The minimum absolute atomic E-state index is 0.0356. The Balaban J connectivity index is 3.38. The maximum absolute atomic E-state index is 11.4. The summed E-state index contributed by atoms with van der Waals surface area (Å²) in [6.07, 6.45) is 5.04. The molecule has 0 heterocycles. The third kappa shape index (κ3) is 11.3. The van der Waals surface area contributed by atoms with Gasteiger partial charge in [-0.2, -0.15) is 0 Å². The van der Waals surface area contributed by atoms with E-state index in [4.69, 9.17) is 16.6 Å². The molecule has 0 fully saturated rings. The largest absolute Gasteiger partial charge is 0.481 e. The Labute approximate surface area is 119 Å². The van der Waals surface area contributed by atoms with Crippen LogP contribution in [0, 0.1) is 5.92 Å². The van der Waals surface area contributed by atoms with E-state index in [0.717, 1.165) is 32.1 Å². The Hall–Kier alpha value is -1.79. The number of carboxylic acid groups (broad SMARTS) is 1. The number of aliphatic carboxylic acids is 1. The summed E-state index contributed by atoms with van der Waals surface area (Å²) in [6, 6.07) is 0. The zero-order valence-corrected chi connectivity index (χ0v) is 12.1. The molecule has 0 spiro atoms. The molecule has 0 rings (SSSR count). The van der Waals surface area contributed by atoms with Crippen LogP contribution in [-0.4, -0.2) is 36.0 Å². The van der Waals surface area contributed by atoms with E-state index < -0.39 is 11.9 Å². The summed E-state index contributed by atoms with van der Waals surface area (Å²) in [5.74, 6) is -1.65. The van der Waals surface area contributed by atoms with Gasteiger partial charge in [-0.3, -0.25) is 14.6 Å². The molecular formula is C13H26N4O3. The first-order valence-corrected chi connectivity index (χ1v) is 6.98. The van der Waals surface area contributed by atoms with Crippen LogP contribution in [0.4, 0.5) is 0 Å². The van der Waals surface area contributed by atoms with Crippen molar-refractivity contribution >= 4 is 17.8 Å². The molecule has 0 saturated carbocycles. The van der Waals surface area contributed by atoms with Crippen molar-refractivity contribution in [2.75, 3.05) is 13.1 Å². The first-order chi connectivity index (χ1) is 9.43. The molecule has 116 valence electrons. The standard InChI is InChI=1S/C13H26N4O3/c1-10(12(19)20)9-11(18)16-7-5-3-2-4-6-8-17-13(14)15/h10H,2-9H2,1H3,(H,16,18)(H,19,20)(H4,14,15,17). The third-order valence-electron chi connectivity index (χ3n) is 2.86. The van der Waals surface area contributed by atoms with Crippen LogP contribution in [-0.2, 0) is 9.59 Å². The highest BCUT2D eigenvalue weighted by atomic mass is 16.4. The van der Waals surface area contributed by atoms with Crippen molar-refractivity contribution < 1.29 is 14.7 Å². The van der Waals surface area contributed by atoms with Crippen molar-refractivity contribution in [1.82, 2.24) is 5.32 Å². The summed E-state index contributed by atoms with van der Waals surface area (Å²) < 4.78 is 0. The Morgan fingerprint density at radius 3 is 2.35 bits per heavy atom. The van der Waals surface area contributed by atoms with Crippen LogP contribution >= 0.6 is 0 Å². The first-order valence-electron chi connectivity index (χ1n) is 6.98. The number of carbonyl (C=O) groups excluding carboxylic acids is 1. The quantitative estimate of drug-likeness (QED) is 0.248. The lowest BCUT2D eigenvalue weighted by atomic mass is 10.1. The zero-order valence-electron chi connectivity index (χ0n) is 12.1. The molecule has 0 bridgehead atoms. The summed E-state index contributed by atoms with van der Waals surface area (Å²) in [5, 5.41) is 11.4. The van der Waals surface area contributed by atoms with Crippen LogP contribution in [0.1, 0.15) is 45.4 Å². The number of carbonyl (C=O) groups is 2. The SMILES string of the molecule is CC(CC(=O)NCCCCCCCN=C(N)N)C(=O)O. The molecule has 7 heteroatoms. The Morgan fingerprint density at radius 1 is 1.15 bits per heavy atom.